The van der Waals surface area contributed by atoms with E-state index in [1.54, 1.807) is 12.4 Å². The van der Waals surface area contributed by atoms with E-state index in [-0.39, 0.29) is 11.7 Å². The minimum absolute atomic E-state index is 0.0352. The molecule has 24 heavy (non-hydrogen) atoms. The number of hydrogen-bond donors (Lipinski definition) is 0. The third-order valence-electron chi connectivity index (χ3n) is 4.67. The summed E-state index contributed by atoms with van der Waals surface area (Å²) in [7, 11) is 0. The van der Waals surface area contributed by atoms with E-state index in [0.29, 0.717) is 5.88 Å². The Morgan fingerprint density at radius 1 is 1.33 bits per heavy atom. The third kappa shape index (κ3) is 3.45. The van der Waals surface area contributed by atoms with Gasteiger partial charge in [-0.1, -0.05) is 0 Å². The Morgan fingerprint density at radius 3 is 2.96 bits per heavy atom. The fourth-order valence-corrected chi connectivity index (χ4v) is 4.58. The van der Waals surface area contributed by atoms with Gasteiger partial charge in [0.2, 0.25) is 5.88 Å². The Balaban J connectivity index is 1.32. The molecule has 0 radical (unpaired) electrons. The minimum atomic E-state index is -0.0352. The molecule has 0 N–H and O–H groups in total. The molecule has 5 nitrogen and oxygen atoms in total. The van der Waals surface area contributed by atoms with Crippen LogP contribution in [0, 0.1) is 13.8 Å². The van der Waals surface area contributed by atoms with Gasteiger partial charge in [0.05, 0.1) is 24.1 Å². The molecule has 128 valence electrons. The lowest BCUT2D eigenvalue weighted by atomic mass is 9.84. The molecular formula is C18H23N3O2S. The fourth-order valence-electron chi connectivity index (χ4n) is 3.64. The number of nitrogens with zero attached hydrogens (tertiary/aromatic N) is 3. The van der Waals surface area contributed by atoms with Crippen LogP contribution in [0.1, 0.15) is 28.3 Å². The summed E-state index contributed by atoms with van der Waals surface area (Å²) in [6, 6.07) is 4.43. The molecule has 4 rings (SSSR count). The van der Waals surface area contributed by atoms with Crippen molar-refractivity contribution in [1.29, 1.82) is 0 Å². The summed E-state index contributed by atoms with van der Waals surface area (Å²) in [5.41, 5.74) is 0.849. The van der Waals surface area contributed by atoms with E-state index in [4.69, 9.17) is 9.47 Å². The first-order valence-corrected chi connectivity index (χ1v) is 9.29. The van der Waals surface area contributed by atoms with Crippen molar-refractivity contribution < 1.29 is 9.47 Å². The summed E-state index contributed by atoms with van der Waals surface area (Å²) in [6.45, 7) is 7.86. The van der Waals surface area contributed by atoms with Crippen LogP contribution in [0.5, 0.6) is 5.88 Å². The van der Waals surface area contributed by atoms with Crippen molar-refractivity contribution >= 4 is 11.3 Å². The molecule has 2 aromatic heterocycles. The number of aromatic nitrogens is 2. The molecule has 0 bridgehead atoms. The highest BCUT2D eigenvalue weighted by molar-refractivity contribution is 7.11. The second-order valence-electron chi connectivity index (χ2n) is 6.92. The van der Waals surface area contributed by atoms with Gasteiger partial charge in [0.25, 0.3) is 0 Å². The van der Waals surface area contributed by atoms with Gasteiger partial charge in [-0.25, -0.2) is 4.98 Å². The third-order valence-corrected chi connectivity index (χ3v) is 5.65. The zero-order chi connectivity index (χ0) is 16.6. The Bertz CT molecular complexity index is 712. The van der Waals surface area contributed by atoms with E-state index in [0.717, 1.165) is 44.8 Å². The van der Waals surface area contributed by atoms with Crippen LogP contribution < -0.4 is 4.74 Å². The maximum absolute atomic E-state index is 6.11. The Kier molecular flexibility index (Phi) is 4.28. The average Bonchev–Trinajstić information content (AvgIpc) is 2.91. The van der Waals surface area contributed by atoms with Crippen LogP contribution >= 0.6 is 11.3 Å². The van der Waals surface area contributed by atoms with Crippen LogP contribution in [0.2, 0.25) is 0 Å². The molecule has 1 atom stereocenters. The lowest BCUT2D eigenvalue weighted by Crippen LogP contribution is -2.65. The van der Waals surface area contributed by atoms with Gasteiger partial charge in [0.1, 0.15) is 6.10 Å². The smallest absolute Gasteiger partial charge is 0.232 e. The molecular weight excluding hydrogens is 322 g/mol. The van der Waals surface area contributed by atoms with Gasteiger partial charge in [-0.3, -0.25) is 9.88 Å². The first-order valence-electron chi connectivity index (χ1n) is 8.47. The van der Waals surface area contributed by atoms with Crippen LogP contribution in [-0.4, -0.2) is 46.3 Å². The van der Waals surface area contributed by atoms with E-state index >= 15 is 0 Å². The standard InChI is InChI=1S/C18H23N3O2S/c1-13-8-19-9-17(20-13)23-15-5-6-22-18(7-15)11-21(12-18)10-16-4-3-14(2)24-16/h3-4,8-9,15H,5-7,10-12H2,1-2H3. The maximum Gasteiger partial charge on any atom is 0.232 e. The zero-order valence-corrected chi connectivity index (χ0v) is 15.0. The van der Waals surface area contributed by atoms with Crippen molar-refractivity contribution in [2.75, 3.05) is 19.7 Å². The first kappa shape index (κ1) is 16.0. The normalized spacial score (nSPS) is 23.2. The molecule has 2 saturated heterocycles. The lowest BCUT2D eigenvalue weighted by molar-refractivity contribution is -0.188. The molecule has 6 heteroatoms. The van der Waals surface area contributed by atoms with Gasteiger partial charge < -0.3 is 9.47 Å². The Morgan fingerprint density at radius 2 is 2.21 bits per heavy atom. The maximum atomic E-state index is 6.11. The second-order valence-corrected chi connectivity index (χ2v) is 8.29. The van der Waals surface area contributed by atoms with E-state index < -0.39 is 0 Å². The molecule has 1 unspecified atom stereocenters. The Labute approximate surface area is 146 Å². The van der Waals surface area contributed by atoms with Crippen molar-refractivity contribution in [3.63, 3.8) is 0 Å². The van der Waals surface area contributed by atoms with Crippen LogP contribution in [0.4, 0.5) is 0 Å². The highest BCUT2D eigenvalue weighted by Crippen LogP contribution is 2.36. The summed E-state index contributed by atoms with van der Waals surface area (Å²) >= 11 is 1.88. The fraction of sp³-hybridized carbons (Fsp3) is 0.556. The van der Waals surface area contributed by atoms with E-state index in [9.17, 15) is 0 Å². The number of rotatable bonds is 4. The molecule has 0 aliphatic carbocycles. The summed E-state index contributed by atoms with van der Waals surface area (Å²) in [5.74, 6) is 0.627. The molecule has 0 saturated carbocycles. The predicted octanol–water partition coefficient (Wildman–Crippen LogP) is 2.97. The number of ether oxygens (including phenoxy) is 2. The van der Waals surface area contributed by atoms with Crippen LogP contribution in [0.25, 0.3) is 0 Å². The molecule has 0 amide bonds. The van der Waals surface area contributed by atoms with Gasteiger partial charge in [0, 0.05) is 48.4 Å². The van der Waals surface area contributed by atoms with Gasteiger partial charge in [-0.15, -0.1) is 11.3 Å². The second kappa shape index (κ2) is 6.43. The number of hydrogen-bond acceptors (Lipinski definition) is 6. The number of aryl methyl sites for hydroxylation is 2. The zero-order valence-electron chi connectivity index (χ0n) is 14.2. The van der Waals surface area contributed by atoms with Crippen molar-refractivity contribution in [2.45, 2.75) is 44.9 Å². The van der Waals surface area contributed by atoms with E-state index in [2.05, 4.69) is 33.9 Å². The molecule has 2 aliphatic heterocycles. The van der Waals surface area contributed by atoms with Gasteiger partial charge in [0.15, 0.2) is 0 Å². The van der Waals surface area contributed by atoms with Gasteiger partial charge in [-0.05, 0) is 26.0 Å². The van der Waals surface area contributed by atoms with Crippen LogP contribution in [0.15, 0.2) is 24.5 Å². The van der Waals surface area contributed by atoms with Crippen LogP contribution in [-0.2, 0) is 11.3 Å². The highest BCUT2D eigenvalue weighted by Gasteiger charge is 2.48. The molecule has 0 aromatic carbocycles. The number of thiophene rings is 1. The van der Waals surface area contributed by atoms with Crippen molar-refractivity contribution in [2.24, 2.45) is 0 Å². The highest BCUT2D eigenvalue weighted by atomic mass is 32.1. The molecule has 2 aliphatic rings. The lowest BCUT2D eigenvalue weighted by Gasteiger charge is -2.53. The van der Waals surface area contributed by atoms with E-state index in [1.807, 2.05) is 18.3 Å². The average molecular weight is 345 g/mol. The Hall–Kier alpha value is -1.50. The molecule has 1 spiro atoms. The van der Waals surface area contributed by atoms with Crippen molar-refractivity contribution in [1.82, 2.24) is 14.9 Å². The van der Waals surface area contributed by atoms with Gasteiger partial charge in [-0.2, -0.15) is 0 Å². The van der Waals surface area contributed by atoms with E-state index in [1.165, 1.54) is 9.75 Å². The predicted molar refractivity (Wildman–Crippen MR) is 93.4 cm³/mol. The van der Waals surface area contributed by atoms with Crippen molar-refractivity contribution in [3.05, 3.63) is 40.0 Å². The topological polar surface area (TPSA) is 47.5 Å². The molecule has 4 heterocycles. The number of likely N-dealkylation sites (tertiary alicyclic amines) is 1. The summed E-state index contributed by atoms with van der Waals surface area (Å²) in [6.07, 6.45) is 5.46. The summed E-state index contributed by atoms with van der Waals surface area (Å²) < 4.78 is 12.2. The summed E-state index contributed by atoms with van der Waals surface area (Å²) in [5, 5.41) is 0. The minimum Gasteiger partial charge on any atom is -0.473 e. The SMILES string of the molecule is Cc1cncc(OC2CCOC3(C2)CN(Cc2ccc(C)s2)C3)n1. The molecule has 2 aromatic rings. The van der Waals surface area contributed by atoms with Gasteiger partial charge >= 0.3 is 0 Å². The monoisotopic (exact) mass is 345 g/mol. The van der Waals surface area contributed by atoms with Crippen molar-refractivity contribution in [3.8, 4) is 5.88 Å². The molecule has 2 fully saturated rings. The first-order chi connectivity index (χ1) is 11.6. The summed E-state index contributed by atoms with van der Waals surface area (Å²) in [4.78, 5) is 13.8. The van der Waals surface area contributed by atoms with Crippen LogP contribution in [0.3, 0.4) is 0 Å². The largest absolute Gasteiger partial charge is 0.473 e. The quantitative estimate of drug-likeness (QED) is 0.853.